The van der Waals surface area contributed by atoms with E-state index in [0.717, 1.165) is 27.2 Å². The van der Waals surface area contributed by atoms with Crippen molar-refractivity contribution < 1.29 is 4.74 Å². The molecule has 2 aromatic carbocycles. The maximum atomic E-state index is 6.07. The van der Waals surface area contributed by atoms with Crippen molar-refractivity contribution in [1.82, 2.24) is 24.1 Å². The summed E-state index contributed by atoms with van der Waals surface area (Å²) in [7, 11) is 1.64. The number of ether oxygens (including phenoxy) is 1. The average Bonchev–Trinajstić information content (AvgIpc) is 3.29. The molecule has 4 aromatic rings. The van der Waals surface area contributed by atoms with E-state index in [1.807, 2.05) is 60.0 Å². The molecular weight excluding hydrogens is 402 g/mol. The van der Waals surface area contributed by atoms with Gasteiger partial charge in [0.05, 0.1) is 12.7 Å². The Bertz CT molecular complexity index is 1080. The predicted molar refractivity (Wildman–Crippen MR) is 107 cm³/mol. The third kappa shape index (κ3) is 3.69. The van der Waals surface area contributed by atoms with Crippen molar-refractivity contribution in [3.63, 3.8) is 0 Å². The minimum Gasteiger partial charge on any atom is -0.496 e. The fraction of sp³-hybridized carbons (Fsp3) is 0.111. The number of halogens is 1. The number of hydrogen-bond acceptors (Lipinski definition) is 7. The molecule has 0 N–H and O–H groups in total. The van der Waals surface area contributed by atoms with Gasteiger partial charge < -0.3 is 4.74 Å². The minimum atomic E-state index is 0.666. The molecule has 0 spiro atoms. The summed E-state index contributed by atoms with van der Waals surface area (Å²) in [5.41, 5.74) is 1.75. The maximum Gasteiger partial charge on any atom is 0.203 e. The van der Waals surface area contributed by atoms with Gasteiger partial charge in [0, 0.05) is 10.7 Å². The molecule has 0 aliphatic heterocycles. The molecule has 27 heavy (non-hydrogen) atoms. The fourth-order valence-electron chi connectivity index (χ4n) is 2.56. The van der Waals surface area contributed by atoms with Crippen molar-refractivity contribution in [1.29, 1.82) is 0 Å². The van der Waals surface area contributed by atoms with E-state index in [1.165, 1.54) is 23.3 Å². The number of hydrogen-bond donors (Lipinski definition) is 0. The monoisotopic (exact) mass is 415 g/mol. The van der Waals surface area contributed by atoms with E-state index in [-0.39, 0.29) is 0 Å². The Kier molecular flexibility index (Phi) is 5.11. The van der Waals surface area contributed by atoms with Crippen LogP contribution < -0.4 is 4.74 Å². The molecule has 4 rings (SSSR count). The highest BCUT2D eigenvalue weighted by atomic mass is 35.5. The first-order valence-electron chi connectivity index (χ1n) is 7.98. The van der Waals surface area contributed by atoms with Crippen LogP contribution in [0, 0.1) is 6.92 Å². The Morgan fingerprint density at radius 1 is 1.07 bits per heavy atom. The second kappa shape index (κ2) is 7.67. The highest BCUT2D eigenvalue weighted by Crippen LogP contribution is 2.36. The topological polar surface area (TPSA) is 65.7 Å². The van der Waals surface area contributed by atoms with Gasteiger partial charge in [-0.15, -0.1) is 10.2 Å². The Hall–Kier alpha value is -2.42. The Labute approximate surface area is 169 Å². The van der Waals surface area contributed by atoms with E-state index in [0.29, 0.717) is 16.0 Å². The second-order valence-corrected chi connectivity index (χ2v) is 7.93. The van der Waals surface area contributed by atoms with Gasteiger partial charge in [-0.2, -0.15) is 4.37 Å². The van der Waals surface area contributed by atoms with E-state index < -0.39 is 0 Å². The van der Waals surface area contributed by atoms with Crippen LogP contribution in [0.25, 0.3) is 17.1 Å². The average molecular weight is 416 g/mol. The van der Waals surface area contributed by atoms with Crippen molar-refractivity contribution in [2.45, 2.75) is 16.4 Å². The molecule has 0 radical (unpaired) electrons. The number of rotatable bonds is 5. The summed E-state index contributed by atoms with van der Waals surface area (Å²) in [4.78, 5) is 4.41. The maximum absolute atomic E-state index is 6.07. The summed E-state index contributed by atoms with van der Waals surface area (Å²) in [6.07, 6.45) is 0. The lowest BCUT2D eigenvalue weighted by atomic mass is 10.2. The molecule has 2 heterocycles. The first kappa shape index (κ1) is 18.0. The number of nitrogens with zero attached hydrogens (tertiary/aromatic N) is 5. The lowest BCUT2D eigenvalue weighted by Crippen LogP contribution is -2.00. The summed E-state index contributed by atoms with van der Waals surface area (Å²) >= 11 is 8.83. The van der Waals surface area contributed by atoms with E-state index in [1.54, 1.807) is 7.11 Å². The highest BCUT2D eigenvalue weighted by molar-refractivity contribution is 8.00. The van der Waals surface area contributed by atoms with Crippen LogP contribution in [0.2, 0.25) is 5.02 Å². The smallest absolute Gasteiger partial charge is 0.203 e. The van der Waals surface area contributed by atoms with Gasteiger partial charge in [-0.25, -0.2) is 4.98 Å². The molecule has 9 heteroatoms. The number of aromatic nitrogens is 5. The largest absolute Gasteiger partial charge is 0.496 e. The summed E-state index contributed by atoms with van der Waals surface area (Å²) in [6.45, 7) is 1.87. The third-order valence-corrected chi connectivity index (χ3v) is 5.79. The molecule has 0 fully saturated rings. The molecule has 0 saturated carbocycles. The minimum absolute atomic E-state index is 0.666. The van der Waals surface area contributed by atoms with Crippen molar-refractivity contribution in [3.05, 3.63) is 59.4 Å². The summed E-state index contributed by atoms with van der Waals surface area (Å²) in [6, 6.07) is 15.3. The van der Waals surface area contributed by atoms with E-state index in [2.05, 4.69) is 19.6 Å². The molecule has 0 aliphatic rings. The van der Waals surface area contributed by atoms with Crippen LogP contribution in [-0.2, 0) is 0 Å². The van der Waals surface area contributed by atoms with E-state index >= 15 is 0 Å². The van der Waals surface area contributed by atoms with Gasteiger partial charge in [-0.05, 0) is 66.6 Å². The number of para-hydroxylation sites is 1. The van der Waals surface area contributed by atoms with Gasteiger partial charge >= 0.3 is 0 Å². The molecule has 136 valence electrons. The first-order valence-corrected chi connectivity index (χ1v) is 9.95. The van der Waals surface area contributed by atoms with Crippen LogP contribution >= 0.6 is 34.9 Å². The first-order chi connectivity index (χ1) is 13.2. The highest BCUT2D eigenvalue weighted by Gasteiger charge is 2.20. The van der Waals surface area contributed by atoms with Crippen LogP contribution in [0.4, 0.5) is 0 Å². The van der Waals surface area contributed by atoms with Gasteiger partial charge in [-0.1, -0.05) is 23.7 Å². The van der Waals surface area contributed by atoms with E-state index in [9.17, 15) is 0 Å². The molecule has 6 nitrogen and oxygen atoms in total. The van der Waals surface area contributed by atoms with Crippen LogP contribution in [-0.4, -0.2) is 31.2 Å². The van der Waals surface area contributed by atoms with Gasteiger partial charge in [0.2, 0.25) is 5.16 Å². The zero-order chi connectivity index (χ0) is 18.8. The van der Waals surface area contributed by atoms with Crippen molar-refractivity contribution >= 4 is 34.9 Å². The SMILES string of the molecule is COc1ccccc1-c1nnc(Sc2nc(C)ns2)n1-c1ccc(Cl)cc1. The van der Waals surface area contributed by atoms with Gasteiger partial charge in [0.1, 0.15) is 11.6 Å². The normalized spacial score (nSPS) is 10.9. The molecule has 2 aromatic heterocycles. The van der Waals surface area contributed by atoms with Gasteiger partial charge in [0.15, 0.2) is 10.2 Å². The molecule has 0 amide bonds. The number of benzene rings is 2. The third-order valence-electron chi connectivity index (χ3n) is 3.75. The summed E-state index contributed by atoms with van der Waals surface area (Å²) < 4.78 is 12.5. The molecule has 0 unspecified atom stereocenters. The lowest BCUT2D eigenvalue weighted by molar-refractivity contribution is 0.416. The van der Waals surface area contributed by atoms with E-state index in [4.69, 9.17) is 16.3 Å². The summed E-state index contributed by atoms with van der Waals surface area (Å²) in [5.74, 6) is 2.15. The number of methoxy groups -OCH3 is 1. The van der Waals surface area contributed by atoms with Crippen molar-refractivity contribution in [2.24, 2.45) is 0 Å². The Morgan fingerprint density at radius 2 is 1.85 bits per heavy atom. The Balaban J connectivity index is 1.87. The molecule has 0 saturated heterocycles. The zero-order valence-electron chi connectivity index (χ0n) is 14.5. The molecule has 0 aliphatic carbocycles. The van der Waals surface area contributed by atoms with Gasteiger partial charge in [-0.3, -0.25) is 4.57 Å². The quantitative estimate of drug-likeness (QED) is 0.461. The predicted octanol–water partition coefficient (Wildman–Crippen LogP) is 4.91. The van der Waals surface area contributed by atoms with Gasteiger partial charge in [0.25, 0.3) is 0 Å². The van der Waals surface area contributed by atoms with Crippen molar-refractivity contribution in [2.75, 3.05) is 7.11 Å². The molecule has 0 atom stereocenters. The Morgan fingerprint density at radius 3 is 2.56 bits per heavy atom. The van der Waals surface area contributed by atoms with Crippen molar-refractivity contribution in [3.8, 4) is 22.8 Å². The molecule has 0 bridgehead atoms. The van der Waals surface area contributed by atoms with Crippen LogP contribution in [0.1, 0.15) is 5.82 Å². The fourth-order valence-corrected chi connectivity index (χ4v) is 4.29. The molecular formula is C18H14ClN5OS2. The van der Waals surface area contributed by atoms with Crippen LogP contribution in [0.15, 0.2) is 58.0 Å². The van der Waals surface area contributed by atoms with Crippen LogP contribution in [0.5, 0.6) is 5.75 Å². The second-order valence-electron chi connectivity index (χ2n) is 5.53. The number of aryl methyl sites for hydroxylation is 1. The zero-order valence-corrected chi connectivity index (χ0v) is 16.8. The lowest BCUT2D eigenvalue weighted by Gasteiger charge is -2.12. The standard InChI is InChI=1S/C18H14ClN5OS2/c1-11-20-18(27-23-11)26-17-22-21-16(14-5-3-4-6-15(14)25-2)24(17)13-9-7-12(19)8-10-13/h3-10H,1-2H3. The van der Waals surface area contributed by atoms with Crippen LogP contribution in [0.3, 0.4) is 0 Å². The summed E-state index contributed by atoms with van der Waals surface area (Å²) in [5, 5.41) is 10.2.